The summed E-state index contributed by atoms with van der Waals surface area (Å²) in [4.78, 5) is 7.04. The molecule has 3 heteroatoms. The fourth-order valence-corrected chi connectivity index (χ4v) is 2.66. The van der Waals surface area contributed by atoms with Crippen LogP contribution in [0.2, 0.25) is 5.02 Å². The summed E-state index contributed by atoms with van der Waals surface area (Å²) in [7, 11) is 0. The zero-order chi connectivity index (χ0) is 11.7. The number of benzene rings is 1. The van der Waals surface area contributed by atoms with Gasteiger partial charge in [0.25, 0.3) is 0 Å². The number of anilines is 1. The summed E-state index contributed by atoms with van der Waals surface area (Å²) in [6, 6.07) is 10.0. The fraction of sp³-hybridized carbons (Fsp3) is 0.357. The van der Waals surface area contributed by atoms with E-state index in [0.29, 0.717) is 0 Å². The average molecular weight is 247 g/mol. The first kappa shape index (κ1) is 10.8. The van der Waals surface area contributed by atoms with Crippen LogP contribution in [0.25, 0.3) is 10.9 Å². The van der Waals surface area contributed by atoms with Crippen molar-refractivity contribution in [1.29, 1.82) is 0 Å². The van der Waals surface area contributed by atoms with Gasteiger partial charge in [-0.3, -0.25) is 0 Å². The highest BCUT2D eigenvalue weighted by molar-refractivity contribution is 6.35. The second-order valence-corrected chi connectivity index (χ2v) is 4.93. The van der Waals surface area contributed by atoms with Crippen molar-refractivity contribution in [3.8, 4) is 0 Å². The lowest BCUT2D eigenvalue weighted by Gasteiger charge is -2.28. The predicted octanol–water partition coefficient (Wildman–Crippen LogP) is 3.88. The Labute approximate surface area is 106 Å². The minimum Gasteiger partial charge on any atom is -0.357 e. The predicted molar refractivity (Wildman–Crippen MR) is 72.8 cm³/mol. The van der Waals surface area contributed by atoms with E-state index >= 15 is 0 Å². The second-order valence-electron chi connectivity index (χ2n) is 4.53. The summed E-state index contributed by atoms with van der Waals surface area (Å²) in [6.45, 7) is 2.20. The van der Waals surface area contributed by atoms with Crippen LogP contribution in [0, 0.1) is 0 Å². The molecule has 3 rings (SSSR count). The third-order valence-corrected chi connectivity index (χ3v) is 3.64. The maximum absolute atomic E-state index is 6.31. The Morgan fingerprint density at radius 2 is 1.82 bits per heavy atom. The molecule has 0 bridgehead atoms. The Morgan fingerprint density at radius 1 is 1.06 bits per heavy atom. The molecule has 17 heavy (non-hydrogen) atoms. The normalized spacial score (nSPS) is 16.4. The van der Waals surface area contributed by atoms with Crippen molar-refractivity contribution in [3.05, 3.63) is 35.4 Å². The van der Waals surface area contributed by atoms with Crippen LogP contribution in [0.4, 0.5) is 5.82 Å². The number of piperidine rings is 1. The van der Waals surface area contributed by atoms with Gasteiger partial charge in [-0.15, -0.1) is 0 Å². The van der Waals surface area contributed by atoms with Gasteiger partial charge in [-0.05, 0) is 31.4 Å². The van der Waals surface area contributed by atoms with Gasteiger partial charge in [-0.25, -0.2) is 4.98 Å². The van der Waals surface area contributed by atoms with Crippen LogP contribution in [-0.4, -0.2) is 18.1 Å². The molecule has 1 saturated heterocycles. The van der Waals surface area contributed by atoms with Crippen LogP contribution in [0.1, 0.15) is 19.3 Å². The minimum absolute atomic E-state index is 0.802. The van der Waals surface area contributed by atoms with Crippen molar-refractivity contribution in [2.45, 2.75) is 19.3 Å². The molecule has 0 saturated carbocycles. The first-order valence-electron chi connectivity index (χ1n) is 6.15. The Morgan fingerprint density at radius 3 is 2.65 bits per heavy atom. The Balaban J connectivity index is 2.05. The number of hydrogen-bond acceptors (Lipinski definition) is 2. The largest absolute Gasteiger partial charge is 0.357 e. The topological polar surface area (TPSA) is 16.1 Å². The molecule has 0 atom stereocenters. The van der Waals surface area contributed by atoms with Crippen molar-refractivity contribution in [3.63, 3.8) is 0 Å². The summed E-state index contributed by atoms with van der Waals surface area (Å²) >= 11 is 6.31. The Hall–Kier alpha value is -1.28. The molecule has 1 aromatic carbocycles. The molecule has 0 N–H and O–H groups in total. The van der Waals surface area contributed by atoms with Gasteiger partial charge in [0.1, 0.15) is 5.82 Å². The molecule has 1 aromatic heterocycles. The maximum Gasteiger partial charge on any atom is 0.130 e. The van der Waals surface area contributed by atoms with Crippen LogP contribution in [0.3, 0.4) is 0 Å². The number of halogens is 1. The summed E-state index contributed by atoms with van der Waals surface area (Å²) in [5.74, 6) is 1.02. The van der Waals surface area contributed by atoms with E-state index < -0.39 is 0 Å². The van der Waals surface area contributed by atoms with E-state index in [1.807, 2.05) is 30.3 Å². The zero-order valence-corrected chi connectivity index (χ0v) is 10.5. The highest BCUT2D eigenvalue weighted by Crippen LogP contribution is 2.27. The molecule has 0 unspecified atom stereocenters. The lowest BCUT2D eigenvalue weighted by Crippen LogP contribution is -2.30. The monoisotopic (exact) mass is 246 g/mol. The fourth-order valence-electron chi connectivity index (χ4n) is 2.40. The molecule has 2 aromatic rings. The molecule has 2 nitrogen and oxygen atoms in total. The van der Waals surface area contributed by atoms with E-state index in [4.69, 9.17) is 16.6 Å². The lowest BCUT2D eigenvalue weighted by molar-refractivity contribution is 0.574. The number of nitrogens with zero attached hydrogens (tertiary/aromatic N) is 2. The van der Waals surface area contributed by atoms with Crippen molar-refractivity contribution < 1.29 is 0 Å². The van der Waals surface area contributed by atoms with E-state index in [2.05, 4.69) is 4.90 Å². The summed E-state index contributed by atoms with van der Waals surface area (Å²) in [5, 5.41) is 1.84. The van der Waals surface area contributed by atoms with Gasteiger partial charge in [0.2, 0.25) is 0 Å². The van der Waals surface area contributed by atoms with Crippen molar-refractivity contribution in [1.82, 2.24) is 4.98 Å². The zero-order valence-electron chi connectivity index (χ0n) is 9.69. The van der Waals surface area contributed by atoms with Gasteiger partial charge in [0.15, 0.2) is 0 Å². The molecule has 0 aliphatic carbocycles. The second kappa shape index (κ2) is 4.53. The number of rotatable bonds is 1. The van der Waals surface area contributed by atoms with Gasteiger partial charge >= 0.3 is 0 Å². The Bertz CT molecular complexity index is 533. The minimum atomic E-state index is 0.802. The molecule has 2 heterocycles. The third kappa shape index (κ3) is 2.09. The summed E-state index contributed by atoms with van der Waals surface area (Å²) in [6.07, 6.45) is 3.84. The van der Waals surface area contributed by atoms with Crippen LogP contribution in [-0.2, 0) is 0 Å². The molecule has 88 valence electrons. The van der Waals surface area contributed by atoms with E-state index in [-0.39, 0.29) is 0 Å². The number of hydrogen-bond donors (Lipinski definition) is 0. The SMILES string of the molecule is Clc1cc(N2CCCCC2)nc2ccccc12. The quantitative estimate of drug-likeness (QED) is 0.759. The van der Waals surface area contributed by atoms with E-state index in [9.17, 15) is 0 Å². The van der Waals surface area contributed by atoms with Crippen molar-refractivity contribution in [2.75, 3.05) is 18.0 Å². The van der Waals surface area contributed by atoms with E-state index in [1.54, 1.807) is 0 Å². The van der Waals surface area contributed by atoms with Gasteiger partial charge in [0.05, 0.1) is 10.5 Å². The lowest BCUT2D eigenvalue weighted by atomic mass is 10.1. The van der Waals surface area contributed by atoms with Crippen molar-refractivity contribution in [2.24, 2.45) is 0 Å². The molecule has 0 radical (unpaired) electrons. The third-order valence-electron chi connectivity index (χ3n) is 3.33. The van der Waals surface area contributed by atoms with Gasteiger partial charge in [0, 0.05) is 18.5 Å². The number of para-hydroxylation sites is 1. The average Bonchev–Trinajstić information content (AvgIpc) is 2.40. The molecular weight excluding hydrogens is 232 g/mol. The van der Waals surface area contributed by atoms with Gasteiger partial charge in [-0.2, -0.15) is 0 Å². The van der Waals surface area contributed by atoms with Crippen LogP contribution in [0.5, 0.6) is 0 Å². The van der Waals surface area contributed by atoms with Crippen LogP contribution < -0.4 is 4.90 Å². The molecule has 0 spiro atoms. The maximum atomic E-state index is 6.31. The molecule has 0 amide bonds. The molecular formula is C14H15ClN2. The van der Waals surface area contributed by atoms with Gasteiger partial charge in [-0.1, -0.05) is 29.8 Å². The first-order chi connectivity index (χ1) is 8.34. The Kier molecular flexibility index (Phi) is 2.89. The number of fused-ring (bicyclic) bond motifs is 1. The van der Waals surface area contributed by atoms with E-state index in [1.165, 1.54) is 19.3 Å². The highest BCUT2D eigenvalue weighted by atomic mass is 35.5. The van der Waals surface area contributed by atoms with Crippen LogP contribution >= 0.6 is 11.6 Å². The molecule has 1 aliphatic heterocycles. The number of aromatic nitrogens is 1. The van der Waals surface area contributed by atoms with E-state index in [0.717, 1.165) is 34.8 Å². The smallest absolute Gasteiger partial charge is 0.130 e. The van der Waals surface area contributed by atoms with Crippen molar-refractivity contribution >= 4 is 28.3 Å². The molecule has 1 aliphatic rings. The number of pyridine rings is 1. The molecule has 1 fully saturated rings. The summed E-state index contributed by atoms with van der Waals surface area (Å²) < 4.78 is 0. The van der Waals surface area contributed by atoms with Gasteiger partial charge < -0.3 is 4.90 Å². The summed E-state index contributed by atoms with van der Waals surface area (Å²) in [5.41, 5.74) is 0.987. The highest BCUT2D eigenvalue weighted by Gasteiger charge is 2.13. The first-order valence-corrected chi connectivity index (χ1v) is 6.52. The van der Waals surface area contributed by atoms with Crippen LogP contribution in [0.15, 0.2) is 30.3 Å². The standard InChI is InChI=1S/C14H15ClN2/c15-12-10-14(17-8-4-1-5-9-17)16-13-7-3-2-6-11(12)13/h2-3,6-7,10H,1,4-5,8-9H2.